The monoisotopic (exact) mass is 250 g/mol. The van der Waals surface area contributed by atoms with Crippen molar-refractivity contribution in [2.75, 3.05) is 13.3 Å². The first kappa shape index (κ1) is 12.3. The minimum atomic E-state index is -1.44. The molecule has 1 aromatic rings. The van der Waals surface area contributed by atoms with Gasteiger partial charge in [-0.15, -0.1) is 4.91 Å². The van der Waals surface area contributed by atoms with Crippen molar-refractivity contribution in [1.29, 1.82) is 0 Å². The number of nitroso groups, excluding NO2 is 1. The Morgan fingerprint density at radius 1 is 1.29 bits per heavy atom. The Balaban J connectivity index is 2.24. The van der Waals surface area contributed by atoms with Gasteiger partial charge in [-0.25, -0.2) is 0 Å². The molecule has 0 aliphatic carbocycles. The molecule has 0 aromatic heterocycles. The van der Waals surface area contributed by atoms with Crippen LogP contribution in [0.25, 0.3) is 4.91 Å². The quantitative estimate of drug-likeness (QED) is 0.826. The van der Waals surface area contributed by atoms with Crippen LogP contribution in [0.4, 0.5) is 0 Å². The minimum Gasteiger partial charge on any atom is -0.313 e. The van der Waals surface area contributed by atoms with Crippen LogP contribution in [0.3, 0.4) is 0 Å². The van der Waals surface area contributed by atoms with Gasteiger partial charge in [0.1, 0.15) is 0 Å². The van der Waals surface area contributed by atoms with Crippen LogP contribution in [0.15, 0.2) is 33.8 Å². The number of hydrogen-bond acceptors (Lipinski definition) is 3. The molecule has 0 saturated carbocycles. The van der Waals surface area contributed by atoms with Gasteiger partial charge in [0.15, 0.2) is 0 Å². The first-order chi connectivity index (χ1) is 8.04. The van der Waals surface area contributed by atoms with E-state index < -0.39 is 10.2 Å². The lowest BCUT2D eigenvalue weighted by atomic mass is 10.1. The Labute approximate surface area is 104 Å². The molecule has 0 spiro atoms. The fraction of sp³-hybridized carbons (Fsp3) is 0.385. The maximum absolute atomic E-state index is 10.8. The molecule has 1 heterocycles. The Kier molecular flexibility index (Phi) is 3.10. The number of nitrogens with one attached hydrogen (secondary N) is 1. The largest absolute Gasteiger partial charge is 0.313 e. The van der Waals surface area contributed by atoms with Crippen LogP contribution >= 0.6 is 10.2 Å². The van der Waals surface area contributed by atoms with E-state index in [-0.39, 0.29) is 0 Å². The molecule has 0 fully saturated rings. The second kappa shape index (κ2) is 4.27. The lowest BCUT2D eigenvalue weighted by Crippen LogP contribution is -2.11. The molecule has 4 heteroatoms. The minimum absolute atomic E-state index is 0.348. The van der Waals surface area contributed by atoms with E-state index in [1.807, 2.05) is 20.2 Å². The highest BCUT2D eigenvalue weighted by Gasteiger charge is 2.44. The van der Waals surface area contributed by atoms with E-state index in [1.165, 1.54) is 10.5 Å². The third-order valence-corrected chi connectivity index (χ3v) is 6.35. The average molecular weight is 250 g/mol. The van der Waals surface area contributed by atoms with Crippen molar-refractivity contribution < 1.29 is 0 Å². The van der Waals surface area contributed by atoms with Crippen LogP contribution in [-0.2, 0) is 0 Å². The van der Waals surface area contributed by atoms with Crippen LogP contribution in [-0.4, -0.2) is 13.3 Å². The zero-order valence-electron chi connectivity index (χ0n) is 10.7. The molecule has 1 aliphatic heterocycles. The van der Waals surface area contributed by atoms with Crippen molar-refractivity contribution in [3.8, 4) is 0 Å². The summed E-state index contributed by atoms with van der Waals surface area (Å²) in [5.74, 6) is 0. The predicted molar refractivity (Wildman–Crippen MR) is 75.8 cm³/mol. The predicted octanol–water partition coefficient (Wildman–Crippen LogP) is 3.78. The lowest BCUT2D eigenvalue weighted by molar-refractivity contribution is 0.652. The van der Waals surface area contributed by atoms with Crippen LogP contribution in [0.2, 0.25) is 0 Å². The highest BCUT2D eigenvalue weighted by atomic mass is 32.3. The van der Waals surface area contributed by atoms with Crippen LogP contribution in [0.1, 0.15) is 31.0 Å². The first-order valence-electron chi connectivity index (χ1n) is 5.66. The number of benzene rings is 1. The first-order valence-corrected chi connectivity index (χ1v) is 7.66. The number of nitrogens with zero attached hydrogens (tertiary/aromatic N) is 1. The van der Waals surface area contributed by atoms with E-state index in [1.54, 1.807) is 0 Å². The molecular formula is C13H18N2OS. The standard InChI is InChI=1S/C13H18N2OS/c1-9(14-3)11-5-7-12(8-6-11)13-10(2)17(13,4)15-16/h5-9,14H,1-4H3/t9-/m0/s1. The Hall–Kier alpha value is -1.13. The Bertz CT molecular complexity index is 481. The number of rotatable bonds is 4. The van der Waals surface area contributed by atoms with Crippen LogP contribution < -0.4 is 5.32 Å². The summed E-state index contributed by atoms with van der Waals surface area (Å²) in [4.78, 5) is 13.2. The van der Waals surface area contributed by atoms with E-state index in [0.717, 1.165) is 10.5 Å². The summed E-state index contributed by atoms with van der Waals surface area (Å²) in [6, 6.07) is 8.75. The normalized spacial score (nSPS) is 28.5. The van der Waals surface area contributed by atoms with Gasteiger partial charge < -0.3 is 5.32 Å². The van der Waals surface area contributed by atoms with Crippen LogP contribution in [0, 0.1) is 4.91 Å². The summed E-state index contributed by atoms with van der Waals surface area (Å²) in [6.07, 6.45) is 1.95. The second-order valence-electron chi connectivity index (χ2n) is 4.47. The number of hydrogen-bond donors (Lipinski definition) is 1. The molecule has 1 N–H and O–H groups in total. The summed E-state index contributed by atoms with van der Waals surface area (Å²) in [5, 5.41) is 3.21. The fourth-order valence-electron chi connectivity index (χ4n) is 2.03. The van der Waals surface area contributed by atoms with Crippen molar-refractivity contribution in [2.45, 2.75) is 19.9 Å². The summed E-state index contributed by atoms with van der Waals surface area (Å²) >= 11 is 0. The third-order valence-electron chi connectivity index (χ3n) is 3.53. The molecule has 0 radical (unpaired) electrons. The molecule has 1 aliphatic rings. The van der Waals surface area contributed by atoms with E-state index in [0.29, 0.717) is 6.04 Å². The molecule has 92 valence electrons. The van der Waals surface area contributed by atoms with Gasteiger partial charge in [-0.2, -0.15) is 0 Å². The smallest absolute Gasteiger partial charge is 0.0328 e. The molecule has 1 aromatic carbocycles. The molecule has 2 rings (SSSR count). The molecule has 3 nitrogen and oxygen atoms in total. The van der Waals surface area contributed by atoms with Crippen molar-refractivity contribution in [2.24, 2.45) is 4.58 Å². The molecule has 0 saturated heterocycles. The van der Waals surface area contributed by atoms with Crippen molar-refractivity contribution >= 4 is 15.1 Å². The SMILES string of the molecule is CN[C@@H](C)c1ccc(C2=C(C)S2(C)N=O)cc1. The van der Waals surface area contributed by atoms with Gasteiger partial charge in [-0.3, -0.25) is 0 Å². The summed E-state index contributed by atoms with van der Waals surface area (Å²) in [6.45, 7) is 4.13. The van der Waals surface area contributed by atoms with Gasteiger partial charge in [0.05, 0.1) is 0 Å². The maximum atomic E-state index is 10.8. The maximum Gasteiger partial charge on any atom is 0.0328 e. The Morgan fingerprint density at radius 2 is 1.88 bits per heavy atom. The van der Waals surface area contributed by atoms with E-state index in [4.69, 9.17) is 0 Å². The highest BCUT2D eigenvalue weighted by molar-refractivity contribution is 8.48. The van der Waals surface area contributed by atoms with Gasteiger partial charge in [0.2, 0.25) is 0 Å². The lowest BCUT2D eigenvalue weighted by Gasteiger charge is -2.11. The second-order valence-corrected chi connectivity index (χ2v) is 7.39. The molecule has 17 heavy (non-hydrogen) atoms. The van der Waals surface area contributed by atoms with E-state index >= 15 is 0 Å². The molecule has 0 bridgehead atoms. The van der Waals surface area contributed by atoms with Gasteiger partial charge >= 0.3 is 0 Å². The van der Waals surface area contributed by atoms with Crippen LogP contribution in [0.5, 0.6) is 0 Å². The number of allylic oxidation sites excluding steroid dienone is 1. The summed E-state index contributed by atoms with van der Waals surface area (Å²) in [5.41, 5.74) is 2.40. The van der Waals surface area contributed by atoms with Gasteiger partial charge in [-0.05, 0) is 42.9 Å². The van der Waals surface area contributed by atoms with E-state index in [2.05, 4.69) is 41.1 Å². The Morgan fingerprint density at radius 3 is 2.29 bits per heavy atom. The molecular weight excluding hydrogens is 232 g/mol. The fourth-order valence-corrected chi connectivity index (χ4v) is 4.11. The highest BCUT2D eigenvalue weighted by Crippen LogP contribution is 2.79. The molecule has 2 atom stereocenters. The summed E-state index contributed by atoms with van der Waals surface area (Å²) < 4.78 is 3.29. The van der Waals surface area contributed by atoms with Gasteiger partial charge in [0, 0.05) is 15.9 Å². The summed E-state index contributed by atoms with van der Waals surface area (Å²) in [7, 11) is 0.512. The molecule has 1 unspecified atom stereocenters. The zero-order valence-corrected chi connectivity index (χ0v) is 11.5. The van der Waals surface area contributed by atoms with Crippen molar-refractivity contribution in [1.82, 2.24) is 5.32 Å². The average Bonchev–Trinajstić information content (AvgIpc) is 2.92. The van der Waals surface area contributed by atoms with Crippen molar-refractivity contribution in [3.05, 3.63) is 45.2 Å². The molecule has 0 amide bonds. The van der Waals surface area contributed by atoms with Crippen molar-refractivity contribution in [3.63, 3.8) is 0 Å². The van der Waals surface area contributed by atoms with Gasteiger partial charge in [-0.1, -0.05) is 34.5 Å². The third kappa shape index (κ3) is 1.91. The van der Waals surface area contributed by atoms with Gasteiger partial charge in [0.25, 0.3) is 0 Å². The van der Waals surface area contributed by atoms with E-state index in [9.17, 15) is 4.91 Å². The topological polar surface area (TPSA) is 41.5 Å². The zero-order chi connectivity index (χ0) is 12.6.